The summed E-state index contributed by atoms with van der Waals surface area (Å²) in [6.45, 7) is 6.10. The Morgan fingerprint density at radius 1 is 1.26 bits per heavy atom. The normalized spacial score (nSPS) is 23.3. The van der Waals surface area contributed by atoms with Crippen LogP contribution in [0.3, 0.4) is 0 Å². The molecule has 1 aliphatic rings. The first-order chi connectivity index (χ1) is 9.28. The van der Waals surface area contributed by atoms with Gasteiger partial charge in [0.1, 0.15) is 5.82 Å². The minimum absolute atomic E-state index is 0.435. The zero-order valence-corrected chi connectivity index (χ0v) is 12.2. The first-order valence-electron chi connectivity index (χ1n) is 7.59. The third kappa shape index (κ3) is 4.83. The summed E-state index contributed by atoms with van der Waals surface area (Å²) in [7, 11) is 0. The molecule has 0 unspecified atom stereocenters. The molecule has 1 aromatic rings. The minimum Gasteiger partial charge on any atom is -0.372 e. The second kappa shape index (κ2) is 7.49. The topological polar surface area (TPSA) is 34.1 Å². The van der Waals surface area contributed by atoms with Crippen LogP contribution in [0.4, 0.5) is 5.82 Å². The fraction of sp³-hybridized carbons (Fsp3) is 0.688. The minimum atomic E-state index is 0.435. The van der Waals surface area contributed by atoms with Crippen molar-refractivity contribution in [3.05, 3.63) is 23.9 Å². The van der Waals surface area contributed by atoms with Gasteiger partial charge in [-0.1, -0.05) is 19.9 Å². The highest BCUT2D eigenvalue weighted by atomic mass is 16.5. The summed E-state index contributed by atoms with van der Waals surface area (Å²) in [6.07, 6.45) is 6.56. The van der Waals surface area contributed by atoms with E-state index in [9.17, 15) is 0 Å². The summed E-state index contributed by atoms with van der Waals surface area (Å²) in [6, 6.07) is 6.11. The molecule has 1 aliphatic carbocycles. The molecular formula is C16H26N2O. The summed E-state index contributed by atoms with van der Waals surface area (Å²) in [5.41, 5.74) is 1.03. The van der Waals surface area contributed by atoms with E-state index in [1.54, 1.807) is 0 Å². The summed E-state index contributed by atoms with van der Waals surface area (Å²) in [5, 5.41) is 3.31. The second-order valence-electron chi connectivity index (χ2n) is 5.63. The van der Waals surface area contributed by atoms with Crippen LogP contribution in [0.25, 0.3) is 0 Å². The number of rotatable bonds is 6. The lowest BCUT2D eigenvalue weighted by Gasteiger charge is -2.26. The molecule has 0 bridgehead atoms. The first kappa shape index (κ1) is 14.3. The Morgan fingerprint density at radius 3 is 2.79 bits per heavy atom. The molecular weight excluding hydrogens is 236 g/mol. The molecule has 0 saturated heterocycles. The van der Waals surface area contributed by atoms with Crippen molar-refractivity contribution in [2.24, 2.45) is 5.92 Å². The van der Waals surface area contributed by atoms with E-state index in [2.05, 4.69) is 24.1 Å². The molecule has 0 atom stereocenters. The SMILES string of the molecule is CCCNc1cccc(COC2CCC(C)CC2)n1. The third-order valence-corrected chi connectivity index (χ3v) is 3.79. The fourth-order valence-electron chi connectivity index (χ4n) is 2.51. The molecule has 0 spiro atoms. The molecule has 1 fully saturated rings. The van der Waals surface area contributed by atoms with Crippen molar-refractivity contribution in [2.45, 2.75) is 58.7 Å². The highest BCUT2D eigenvalue weighted by Crippen LogP contribution is 2.26. The van der Waals surface area contributed by atoms with Crippen LogP contribution in [0.5, 0.6) is 0 Å². The average Bonchev–Trinajstić information content (AvgIpc) is 2.45. The van der Waals surface area contributed by atoms with Gasteiger partial charge in [0.2, 0.25) is 0 Å². The molecule has 1 aromatic heterocycles. The Morgan fingerprint density at radius 2 is 2.05 bits per heavy atom. The molecule has 0 radical (unpaired) electrons. The summed E-state index contributed by atoms with van der Waals surface area (Å²) >= 11 is 0. The predicted molar refractivity (Wildman–Crippen MR) is 79.2 cm³/mol. The van der Waals surface area contributed by atoms with Crippen LogP contribution >= 0.6 is 0 Å². The molecule has 3 nitrogen and oxygen atoms in total. The van der Waals surface area contributed by atoms with Gasteiger partial charge in [-0.05, 0) is 50.2 Å². The lowest BCUT2D eigenvalue weighted by Crippen LogP contribution is -2.20. The maximum Gasteiger partial charge on any atom is 0.126 e. The van der Waals surface area contributed by atoms with Gasteiger partial charge >= 0.3 is 0 Å². The van der Waals surface area contributed by atoms with Gasteiger partial charge in [-0.15, -0.1) is 0 Å². The number of anilines is 1. The number of nitrogens with zero attached hydrogens (tertiary/aromatic N) is 1. The van der Waals surface area contributed by atoms with Gasteiger partial charge in [-0.3, -0.25) is 0 Å². The largest absolute Gasteiger partial charge is 0.372 e. The van der Waals surface area contributed by atoms with E-state index in [0.717, 1.165) is 30.4 Å². The Labute approximate surface area is 116 Å². The molecule has 0 aromatic carbocycles. The maximum absolute atomic E-state index is 5.99. The number of nitrogens with one attached hydrogen (secondary N) is 1. The third-order valence-electron chi connectivity index (χ3n) is 3.79. The van der Waals surface area contributed by atoms with Crippen LogP contribution in [-0.4, -0.2) is 17.6 Å². The number of hydrogen-bond acceptors (Lipinski definition) is 3. The predicted octanol–water partition coefficient (Wildman–Crippen LogP) is 4.00. The van der Waals surface area contributed by atoms with Crippen molar-refractivity contribution in [3.8, 4) is 0 Å². The van der Waals surface area contributed by atoms with E-state index in [0.29, 0.717) is 12.7 Å². The molecule has 3 heteroatoms. The number of aromatic nitrogens is 1. The van der Waals surface area contributed by atoms with Gasteiger partial charge in [-0.25, -0.2) is 4.98 Å². The van der Waals surface area contributed by atoms with Crippen molar-refractivity contribution in [2.75, 3.05) is 11.9 Å². The van der Waals surface area contributed by atoms with E-state index in [4.69, 9.17) is 4.74 Å². The Hall–Kier alpha value is -1.09. The summed E-state index contributed by atoms with van der Waals surface area (Å²) < 4.78 is 5.99. The van der Waals surface area contributed by atoms with Crippen LogP contribution in [0.15, 0.2) is 18.2 Å². The number of hydrogen-bond donors (Lipinski definition) is 1. The molecule has 19 heavy (non-hydrogen) atoms. The lowest BCUT2D eigenvalue weighted by molar-refractivity contribution is 0.00733. The first-order valence-corrected chi connectivity index (χ1v) is 7.59. The number of ether oxygens (including phenoxy) is 1. The standard InChI is InChI=1S/C16H26N2O/c1-3-11-17-16-6-4-5-14(18-16)12-19-15-9-7-13(2)8-10-15/h4-6,13,15H,3,7-12H2,1-2H3,(H,17,18). The van der Waals surface area contributed by atoms with E-state index in [1.165, 1.54) is 25.7 Å². The van der Waals surface area contributed by atoms with Crippen LogP contribution in [0.1, 0.15) is 51.6 Å². The molecule has 0 aliphatic heterocycles. The van der Waals surface area contributed by atoms with Gasteiger partial charge in [-0.2, -0.15) is 0 Å². The maximum atomic E-state index is 5.99. The quantitative estimate of drug-likeness (QED) is 0.841. The molecule has 106 valence electrons. The Bertz CT molecular complexity index is 373. The molecule has 1 N–H and O–H groups in total. The van der Waals surface area contributed by atoms with E-state index >= 15 is 0 Å². The van der Waals surface area contributed by atoms with Crippen molar-refractivity contribution < 1.29 is 4.74 Å². The zero-order valence-electron chi connectivity index (χ0n) is 12.2. The smallest absolute Gasteiger partial charge is 0.126 e. The van der Waals surface area contributed by atoms with E-state index in [1.807, 2.05) is 18.2 Å². The monoisotopic (exact) mass is 262 g/mol. The van der Waals surface area contributed by atoms with Gasteiger partial charge in [0.05, 0.1) is 18.4 Å². The zero-order chi connectivity index (χ0) is 13.5. The van der Waals surface area contributed by atoms with Crippen molar-refractivity contribution >= 4 is 5.82 Å². The average molecular weight is 262 g/mol. The highest BCUT2D eigenvalue weighted by Gasteiger charge is 2.18. The fourth-order valence-corrected chi connectivity index (χ4v) is 2.51. The van der Waals surface area contributed by atoms with Gasteiger partial charge in [0.25, 0.3) is 0 Å². The van der Waals surface area contributed by atoms with Crippen molar-refractivity contribution in [1.29, 1.82) is 0 Å². The molecule has 2 rings (SSSR count). The van der Waals surface area contributed by atoms with Crippen LogP contribution in [0.2, 0.25) is 0 Å². The Balaban J connectivity index is 1.78. The van der Waals surface area contributed by atoms with Crippen molar-refractivity contribution in [1.82, 2.24) is 4.98 Å². The van der Waals surface area contributed by atoms with Gasteiger partial charge in [0, 0.05) is 6.54 Å². The highest BCUT2D eigenvalue weighted by molar-refractivity contribution is 5.34. The van der Waals surface area contributed by atoms with Gasteiger partial charge < -0.3 is 10.1 Å². The lowest BCUT2D eigenvalue weighted by atomic mass is 9.89. The van der Waals surface area contributed by atoms with Crippen LogP contribution < -0.4 is 5.32 Å². The molecule has 1 saturated carbocycles. The van der Waals surface area contributed by atoms with Crippen molar-refractivity contribution in [3.63, 3.8) is 0 Å². The molecule has 1 heterocycles. The summed E-state index contributed by atoms with van der Waals surface area (Å²) in [4.78, 5) is 4.57. The van der Waals surface area contributed by atoms with E-state index < -0.39 is 0 Å². The summed E-state index contributed by atoms with van der Waals surface area (Å²) in [5.74, 6) is 1.83. The number of pyridine rings is 1. The Kier molecular flexibility index (Phi) is 5.64. The van der Waals surface area contributed by atoms with Crippen LogP contribution in [0, 0.1) is 5.92 Å². The second-order valence-corrected chi connectivity index (χ2v) is 5.63. The molecule has 0 amide bonds. The van der Waals surface area contributed by atoms with Gasteiger partial charge in [0.15, 0.2) is 0 Å². The van der Waals surface area contributed by atoms with Crippen LogP contribution in [-0.2, 0) is 11.3 Å². The van der Waals surface area contributed by atoms with E-state index in [-0.39, 0.29) is 0 Å².